The van der Waals surface area contributed by atoms with E-state index in [9.17, 15) is 44.1 Å². The van der Waals surface area contributed by atoms with E-state index in [0.29, 0.717) is 43.6 Å². The van der Waals surface area contributed by atoms with E-state index >= 15 is 0 Å². The van der Waals surface area contributed by atoms with E-state index < -0.39 is 35.8 Å². The number of esters is 3. The zero-order valence-electron chi connectivity index (χ0n) is 52.1. The van der Waals surface area contributed by atoms with Crippen LogP contribution >= 0.6 is 0 Å². The lowest BCUT2D eigenvalue weighted by atomic mass is 9.80. The van der Waals surface area contributed by atoms with Gasteiger partial charge in [-0.1, -0.05) is 253 Å². The van der Waals surface area contributed by atoms with Crippen molar-refractivity contribution in [1.29, 1.82) is 0 Å². The molecule has 3 N–H and O–H groups in total. The largest absolute Gasteiger partial charge is 0.478 e. The van der Waals surface area contributed by atoms with Gasteiger partial charge in [-0.25, -0.2) is 28.8 Å². The van der Waals surface area contributed by atoms with E-state index in [4.69, 9.17) is 14.2 Å². The highest BCUT2D eigenvalue weighted by molar-refractivity contribution is 6.08. The Hall–Kier alpha value is -4.74. The molecule has 0 aromatic heterocycles. The normalized spacial score (nSPS) is 11.0. The molecule has 462 valence electrons. The van der Waals surface area contributed by atoms with Gasteiger partial charge < -0.3 is 29.5 Å². The molecule has 0 fully saturated rings. The molecule has 0 aliphatic carbocycles. The lowest BCUT2D eigenvalue weighted by Crippen LogP contribution is -2.22. The van der Waals surface area contributed by atoms with Crippen LogP contribution in [0.15, 0.2) is 18.2 Å². The van der Waals surface area contributed by atoms with Gasteiger partial charge in [0.05, 0.1) is 53.2 Å². The third-order valence-electron chi connectivity index (χ3n) is 15.4. The molecule has 2 aromatic carbocycles. The summed E-state index contributed by atoms with van der Waals surface area (Å²) in [5.41, 5.74) is 1.24. The number of carbonyl (C=O) groups is 6. The molecule has 81 heavy (non-hydrogen) atoms. The molecule has 0 heterocycles. The van der Waals surface area contributed by atoms with Crippen LogP contribution < -0.4 is 0 Å². The van der Waals surface area contributed by atoms with Crippen LogP contribution in [0.2, 0.25) is 0 Å². The molecule has 0 unspecified atom stereocenters. The first-order valence-corrected chi connectivity index (χ1v) is 32.9. The third kappa shape index (κ3) is 33.2. The van der Waals surface area contributed by atoms with Crippen molar-refractivity contribution in [3.05, 3.63) is 68.3 Å². The van der Waals surface area contributed by atoms with E-state index in [-0.39, 0.29) is 52.0 Å². The minimum absolute atomic E-state index is 0.0583. The lowest BCUT2D eigenvalue weighted by Gasteiger charge is -2.22. The molecule has 0 spiro atoms. The first-order chi connectivity index (χ1) is 39.4. The van der Waals surface area contributed by atoms with Gasteiger partial charge in [0.25, 0.3) is 0 Å². The Morgan fingerprint density at radius 2 is 0.556 bits per heavy atom. The van der Waals surface area contributed by atoms with Gasteiger partial charge in [0.2, 0.25) is 0 Å². The number of carboxylic acid groups (broad SMARTS) is 3. The van der Waals surface area contributed by atoms with E-state index in [1.54, 1.807) is 0 Å². The summed E-state index contributed by atoms with van der Waals surface area (Å²) in [4.78, 5) is 76.5. The van der Waals surface area contributed by atoms with Crippen molar-refractivity contribution in [2.24, 2.45) is 0 Å². The zero-order valence-corrected chi connectivity index (χ0v) is 52.1. The topological polar surface area (TPSA) is 191 Å². The molecule has 0 saturated carbocycles. The molecule has 0 radical (unpaired) electrons. The summed E-state index contributed by atoms with van der Waals surface area (Å²) >= 11 is 0. The maximum absolute atomic E-state index is 13.0. The lowest BCUT2D eigenvalue weighted by molar-refractivity contribution is 0.0447. The molecule has 0 saturated heterocycles. The number of aromatic carboxylic acids is 3. The number of hydrogen-bond donors (Lipinski definition) is 3. The van der Waals surface area contributed by atoms with E-state index in [1.807, 2.05) is 0 Å². The van der Waals surface area contributed by atoms with E-state index in [2.05, 4.69) is 41.5 Å². The number of carbonyl (C=O) groups excluding carboxylic acids is 3. The Labute approximate surface area is 491 Å². The van der Waals surface area contributed by atoms with Gasteiger partial charge in [0.1, 0.15) is 0 Å². The molecule has 0 aliphatic rings. The van der Waals surface area contributed by atoms with Crippen LogP contribution in [0, 0.1) is 0 Å². The van der Waals surface area contributed by atoms with Crippen LogP contribution in [0.5, 0.6) is 0 Å². The van der Waals surface area contributed by atoms with Crippen molar-refractivity contribution in [3.8, 4) is 0 Å². The third-order valence-corrected chi connectivity index (χ3v) is 15.4. The maximum atomic E-state index is 13.0. The molecule has 0 amide bonds. The van der Waals surface area contributed by atoms with Gasteiger partial charge >= 0.3 is 35.8 Å². The molecule has 0 bridgehead atoms. The first kappa shape index (κ1) is 74.3. The van der Waals surface area contributed by atoms with E-state index in [0.717, 1.165) is 141 Å². The monoisotopic (exact) mass is 1130 g/mol. The summed E-state index contributed by atoms with van der Waals surface area (Å²) < 4.78 is 16.4. The molecule has 0 atom stereocenters. The van der Waals surface area contributed by atoms with Crippen LogP contribution in [0.1, 0.15) is 371 Å². The van der Waals surface area contributed by atoms with Crippen molar-refractivity contribution >= 4 is 35.8 Å². The Bertz CT molecular complexity index is 2020. The van der Waals surface area contributed by atoms with Crippen LogP contribution in [0.25, 0.3) is 0 Å². The fraction of sp³-hybridized carbons (Fsp3) is 0.739. The Morgan fingerprint density at radius 1 is 0.296 bits per heavy atom. The van der Waals surface area contributed by atoms with Gasteiger partial charge in [0, 0.05) is 0 Å². The molecule has 12 nitrogen and oxygen atoms in total. The minimum atomic E-state index is -1.34. The number of unbranched alkanes of at least 4 members (excludes halogenated alkanes) is 33. The van der Waals surface area contributed by atoms with Crippen LogP contribution in [-0.4, -0.2) is 71.0 Å². The number of benzene rings is 2. The second kappa shape index (κ2) is 49.8. The van der Waals surface area contributed by atoms with Crippen molar-refractivity contribution < 1.29 is 58.3 Å². The molecular weight excluding hydrogens is 1020 g/mol. The predicted octanol–water partition coefficient (Wildman–Crippen LogP) is 19.9. The Balaban J connectivity index is 0.000000812. The van der Waals surface area contributed by atoms with Gasteiger partial charge in [-0.2, -0.15) is 0 Å². The highest BCUT2D eigenvalue weighted by atomic mass is 16.5. The average molecular weight is 1140 g/mol. The zero-order chi connectivity index (χ0) is 59.7. The van der Waals surface area contributed by atoms with Crippen molar-refractivity contribution in [3.63, 3.8) is 0 Å². The number of hydrogen-bond acceptors (Lipinski definition) is 9. The first-order valence-electron chi connectivity index (χ1n) is 32.9. The number of carboxylic acids is 3. The second-order valence-corrected chi connectivity index (χ2v) is 22.6. The predicted molar refractivity (Wildman–Crippen MR) is 330 cm³/mol. The van der Waals surface area contributed by atoms with E-state index in [1.165, 1.54) is 121 Å². The van der Waals surface area contributed by atoms with Gasteiger partial charge in [-0.15, -0.1) is 0 Å². The second-order valence-electron chi connectivity index (χ2n) is 22.6. The smallest absolute Gasteiger partial charge is 0.339 e. The van der Waals surface area contributed by atoms with Crippen molar-refractivity contribution in [1.82, 2.24) is 0 Å². The average Bonchev–Trinajstić information content (AvgIpc) is 3.50. The Morgan fingerprint density at radius 3 is 0.889 bits per heavy atom. The molecular formula is C69H114O12. The summed E-state index contributed by atoms with van der Waals surface area (Å²) in [5, 5.41) is 31.1. The van der Waals surface area contributed by atoms with Crippen LogP contribution in [0.3, 0.4) is 0 Å². The van der Waals surface area contributed by atoms with Gasteiger partial charge in [-0.3, -0.25) is 0 Å². The standard InChI is InChI=1S/C36H60O6.C33H54O6/c1-4-7-10-13-16-19-22-25-28-29(26-23-20-17-14-11-8-5-2)32(35(39)40)33(36(41)42)30(31(28)34(37)38)27-24-21-18-15-12-9-6-3;1-4-7-10-13-16-19-24-37-31(34)28-22-23-29(32(35)38-25-20-17-14-11-8-5-2)30(27-28)33(36)39-26-21-18-15-12-9-6-3/h4-27H2,1-3H3,(H,37,38)(H,39,40)(H,41,42);22-23,27H,4-21,24-26H2,1-3H3. The SMILES string of the molecule is CCCCCCCCCc1c(CCCCCCCCC)c(C(=O)O)c(C(=O)O)c(CCCCCCCCC)c1C(=O)O.CCCCCCCCOC(=O)c1ccc(C(=O)OCCCCCCCC)c(C(=O)OCCCCCCCC)c1. The summed E-state index contributed by atoms with van der Waals surface area (Å²) in [7, 11) is 0. The number of ether oxygens (including phenoxy) is 3. The highest BCUT2D eigenvalue weighted by Gasteiger charge is 2.32. The fourth-order valence-electron chi connectivity index (χ4n) is 10.6. The summed E-state index contributed by atoms with van der Waals surface area (Å²) in [5.74, 6) is -5.41. The maximum Gasteiger partial charge on any atom is 0.339 e. The Kier molecular flexibility index (Phi) is 45.7. The summed E-state index contributed by atoms with van der Waals surface area (Å²) in [6.07, 6.45) is 42.8. The van der Waals surface area contributed by atoms with Gasteiger partial charge in [0.15, 0.2) is 0 Å². The highest BCUT2D eigenvalue weighted by Crippen LogP contribution is 2.34. The quantitative estimate of drug-likeness (QED) is 0.0323. The van der Waals surface area contributed by atoms with Crippen LogP contribution in [-0.2, 0) is 33.5 Å². The number of rotatable bonds is 51. The molecule has 2 rings (SSSR count). The van der Waals surface area contributed by atoms with Crippen molar-refractivity contribution in [2.75, 3.05) is 19.8 Å². The summed E-state index contributed by atoms with van der Waals surface area (Å²) in [6.45, 7) is 14.0. The summed E-state index contributed by atoms with van der Waals surface area (Å²) in [6, 6.07) is 4.41. The molecule has 0 aliphatic heterocycles. The molecule has 2 aromatic rings. The fourth-order valence-corrected chi connectivity index (χ4v) is 10.6. The minimum Gasteiger partial charge on any atom is -0.478 e. The van der Waals surface area contributed by atoms with Gasteiger partial charge in [-0.05, 0) is 92.7 Å². The van der Waals surface area contributed by atoms with Crippen LogP contribution in [0.4, 0.5) is 0 Å². The molecule has 12 heteroatoms. The van der Waals surface area contributed by atoms with Crippen molar-refractivity contribution in [2.45, 2.75) is 311 Å².